The molecule has 0 aromatic heterocycles. The molecule has 4 heteroatoms. The zero-order valence-electron chi connectivity index (χ0n) is 9.40. The van der Waals surface area contributed by atoms with Crippen LogP contribution in [0.25, 0.3) is 0 Å². The molecule has 88 valence electrons. The minimum absolute atomic E-state index is 0.126. The van der Waals surface area contributed by atoms with Gasteiger partial charge in [0.15, 0.2) is 11.5 Å². The van der Waals surface area contributed by atoms with Crippen LogP contribution >= 0.6 is 0 Å². The summed E-state index contributed by atoms with van der Waals surface area (Å²) in [4.78, 5) is 11.2. The standard InChI is InChI=1S/C12H16O4/c1-2-3-12(13)14-7-9-4-5-10-11(6-9)16-8-15-10/h5-6,9H,2-4,7-8H2,1H3. The van der Waals surface area contributed by atoms with Gasteiger partial charge in [-0.1, -0.05) is 6.92 Å². The summed E-state index contributed by atoms with van der Waals surface area (Å²) in [6.07, 6.45) is 6.11. The van der Waals surface area contributed by atoms with Crippen molar-refractivity contribution >= 4 is 5.97 Å². The molecule has 1 atom stereocenters. The van der Waals surface area contributed by atoms with Gasteiger partial charge in [0.05, 0.1) is 6.61 Å². The van der Waals surface area contributed by atoms with E-state index in [1.807, 2.05) is 19.1 Å². The van der Waals surface area contributed by atoms with Crippen LogP contribution < -0.4 is 0 Å². The summed E-state index contributed by atoms with van der Waals surface area (Å²) in [6.45, 7) is 2.68. The van der Waals surface area contributed by atoms with Crippen molar-refractivity contribution in [2.24, 2.45) is 5.92 Å². The maximum absolute atomic E-state index is 11.2. The molecule has 2 aliphatic rings. The summed E-state index contributed by atoms with van der Waals surface area (Å²) in [5, 5.41) is 0. The van der Waals surface area contributed by atoms with Gasteiger partial charge in [-0.2, -0.15) is 0 Å². The molecule has 0 bridgehead atoms. The van der Waals surface area contributed by atoms with Crippen LogP contribution in [0.5, 0.6) is 0 Å². The lowest BCUT2D eigenvalue weighted by Gasteiger charge is -2.15. The number of rotatable bonds is 4. The van der Waals surface area contributed by atoms with Crippen molar-refractivity contribution in [3.63, 3.8) is 0 Å². The number of fused-ring (bicyclic) bond motifs is 1. The monoisotopic (exact) mass is 224 g/mol. The van der Waals surface area contributed by atoms with Gasteiger partial charge >= 0.3 is 5.97 Å². The zero-order valence-corrected chi connectivity index (χ0v) is 9.40. The molecule has 1 fully saturated rings. The van der Waals surface area contributed by atoms with Gasteiger partial charge < -0.3 is 14.2 Å². The van der Waals surface area contributed by atoms with E-state index in [4.69, 9.17) is 14.2 Å². The molecule has 0 aromatic rings. The van der Waals surface area contributed by atoms with Crippen molar-refractivity contribution in [3.05, 3.63) is 23.7 Å². The first kappa shape index (κ1) is 11.0. The number of hydrogen-bond acceptors (Lipinski definition) is 4. The highest BCUT2D eigenvalue weighted by Gasteiger charge is 2.23. The molecule has 0 radical (unpaired) electrons. The Kier molecular flexibility index (Phi) is 3.49. The first-order valence-electron chi connectivity index (χ1n) is 5.63. The lowest BCUT2D eigenvalue weighted by atomic mass is 10.00. The van der Waals surface area contributed by atoms with E-state index in [0.29, 0.717) is 19.8 Å². The Labute approximate surface area is 94.9 Å². The average molecular weight is 224 g/mol. The quantitative estimate of drug-likeness (QED) is 0.686. The largest absolute Gasteiger partial charge is 0.465 e. The van der Waals surface area contributed by atoms with Crippen molar-refractivity contribution in [2.75, 3.05) is 13.4 Å². The van der Waals surface area contributed by atoms with Gasteiger partial charge in [0, 0.05) is 12.3 Å². The van der Waals surface area contributed by atoms with Gasteiger partial charge in [0.2, 0.25) is 6.79 Å². The summed E-state index contributed by atoms with van der Waals surface area (Å²) in [5.41, 5.74) is 0. The van der Waals surface area contributed by atoms with Crippen LogP contribution in [0.4, 0.5) is 0 Å². The van der Waals surface area contributed by atoms with Crippen LogP contribution in [-0.4, -0.2) is 19.4 Å². The Hall–Kier alpha value is -1.45. The molecule has 0 amide bonds. The zero-order chi connectivity index (χ0) is 11.4. The highest BCUT2D eigenvalue weighted by atomic mass is 16.7. The second-order valence-corrected chi connectivity index (χ2v) is 3.93. The van der Waals surface area contributed by atoms with E-state index in [1.165, 1.54) is 0 Å². The van der Waals surface area contributed by atoms with Crippen LogP contribution in [0.3, 0.4) is 0 Å². The van der Waals surface area contributed by atoms with Gasteiger partial charge in [0.1, 0.15) is 0 Å². The maximum Gasteiger partial charge on any atom is 0.305 e. The topological polar surface area (TPSA) is 44.8 Å². The van der Waals surface area contributed by atoms with Gasteiger partial charge in [-0.15, -0.1) is 0 Å². The second-order valence-electron chi connectivity index (χ2n) is 3.93. The van der Waals surface area contributed by atoms with Gasteiger partial charge in [0.25, 0.3) is 0 Å². The smallest absolute Gasteiger partial charge is 0.305 e. The Bertz CT molecular complexity index is 330. The first-order chi connectivity index (χ1) is 7.79. The van der Waals surface area contributed by atoms with Gasteiger partial charge in [-0.05, 0) is 25.0 Å². The van der Waals surface area contributed by atoms with Gasteiger partial charge in [-0.25, -0.2) is 0 Å². The third-order valence-electron chi connectivity index (χ3n) is 2.58. The molecule has 1 heterocycles. The summed E-state index contributed by atoms with van der Waals surface area (Å²) < 4.78 is 15.7. The summed E-state index contributed by atoms with van der Waals surface area (Å²) in [6, 6.07) is 0. The Balaban J connectivity index is 1.80. The van der Waals surface area contributed by atoms with E-state index in [0.717, 1.165) is 24.4 Å². The fourth-order valence-corrected chi connectivity index (χ4v) is 1.72. The number of hydrogen-bond donors (Lipinski definition) is 0. The fraction of sp³-hybridized carbons (Fsp3) is 0.583. The molecule has 4 nitrogen and oxygen atoms in total. The molecule has 0 saturated carbocycles. The normalized spacial score (nSPS) is 22.4. The maximum atomic E-state index is 11.2. The minimum atomic E-state index is -0.126. The number of ether oxygens (including phenoxy) is 3. The minimum Gasteiger partial charge on any atom is -0.465 e. The van der Waals surface area contributed by atoms with Crippen LogP contribution in [0.15, 0.2) is 23.7 Å². The molecule has 1 unspecified atom stereocenters. The summed E-state index contributed by atoms with van der Waals surface area (Å²) in [7, 11) is 0. The second kappa shape index (κ2) is 5.05. The van der Waals surface area contributed by atoms with Crippen molar-refractivity contribution in [3.8, 4) is 0 Å². The van der Waals surface area contributed by atoms with Crippen LogP contribution in [0.1, 0.15) is 26.2 Å². The third-order valence-corrected chi connectivity index (χ3v) is 2.58. The Morgan fingerprint density at radius 3 is 3.12 bits per heavy atom. The predicted molar refractivity (Wildman–Crippen MR) is 57.2 cm³/mol. The molecule has 1 aliphatic carbocycles. The highest BCUT2D eigenvalue weighted by Crippen LogP contribution is 2.29. The Morgan fingerprint density at radius 1 is 1.50 bits per heavy atom. The van der Waals surface area contributed by atoms with Crippen molar-refractivity contribution in [1.82, 2.24) is 0 Å². The SMILES string of the molecule is CCCC(=O)OCC1C=C2OCOC2=CC1. The van der Waals surface area contributed by atoms with E-state index in [-0.39, 0.29) is 11.9 Å². The van der Waals surface area contributed by atoms with Crippen LogP contribution in [0, 0.1) is 5.92 Å². The molecule has 16 heavy (non-hydrogen) atoms. The summed E-state index contributed by atoms with van der Waals surface area (Å²) in [5.74, 6) is 1.68. The molecule has 1 aliphatic heterocycles. The highest BCUT2D eigenvalue weighted by molar-refractivity contribution is 5.69. The molecule has 2 rings (SSSR count). The van der Waals surface area contributed by atoms with E-state index in [1.54, 1.807) is 0 Å². The van der Waals surface area contributed by atoms with E-state index in [2.05, 4.69) is 0 Å². The van der Waals surface area contributed by atoms with E-state index < -0.39 is 0 Å². The van der Waals surface area contributed by atoms with Crippen LogP contribution in [0.2, 0.25) is 0 Å². The van der Waals surface area contributed by atoms with Crippen molar-refractivity contribution in [2.45, 2.75) is 26.2 Å². The third kappa shape index (κ3) is 2.56. The lowest BCUT2D eigenvalue weighted by Crippen LogP contribution is -2.14. The van der Waals surface area contributed by atoms with Gasteiger partial charge in [-0.3, -0.25) is 4.79 Å². The Morgan fingerprint density at radius 2 is 2.31 bits per heavy atom. The average Bonchev–Trinajstić information content (AvgIpc) is 2.74. The van der Waals surface area contributed by atoms with Crippen molar-refractivity contribution in [1.29, 1.82) is 0 Å². The first-order valence-corrected chi connectivity index (χ1v) is 5.63. The number of carbonyl (C=O) groups excluding carboxylic acids is 1. The van der Waals surface area contributed by atoms with E-state index >= 15 is 0 Å². The fourth-order valence-electron chi connectivity index (χ4n) is 1.72. The van der Waals surface area contributed by atoms with Crippen LogP contribution in [-0.2, 0) is 19.0 Å². The molecular weight excluding hydrogens is 208 g/mol. The summed E-state index contributed by atoms with van der Waals surface area (Å²) >= 11 is 0. The molecule has 0 spiro atoms. The van der Waals surface area contributed by atoms with E-state index in [9.17, 15) is 4.79 Å². The number of allylic oxidation sites excluding steroid dienone is 1. The molecule has 0 N–H and O–H groups in total. The number of carbonyl (C=O) groups is 1. The molecule has 0 aromatic carbocycles. The molecular formula is C12H16O4. The lowest BCUT2D eigenvalue weighted by molar-refractivity contribution is -0.144. The molecule has 1 saturated heterocycles. The predicted octanol–water partition coefficient (Wildman–Crippen LogP) is 2.12. The van der Waals surface area contributed by atoms with Crippen molar-refractivity contribution < 1.29 is 19.0 Å². The number of esters is 1.